The molecule has 0 radical (unpaired) electrons. The molecule has 3 N–H and O–H groups in total. The lowest BCUT2D eigenvalue weighted by Crippen LogP contribution is -2.09. The molecule has 4 rings (SSSR count). The first-order chi connectivity index (χ1) is 17.5. The van der Waals surface area contributed by atoms with E-state index in [4.69, 9.17) is 0 Å². The summed E-state index contributed by atoms with van der Waals surface area (Å²) < 4.78 is 0. The van der Waals surface area contributed by atoms with Crippen molar-refractivity contribution in [1.82, 2.24) is 15.0 Å². The van der Waals surface area contributed by atoms with Crippen LogP contribution in [0.2, 0.25) is 0 Å². The highest BCUT2D eigenvalue weighted by Gasteiger charge is 2.09. The Morgan fingerprint density at radius 1 is 0.750 bits per heavy atom. The van der Waals surface area contributed by atoms with Gasteiger partial charge in [-0.25, -0.2) is 5.43 Å². The maximum absolute atomic E-state index is 10.9. The van der Waals surface area contributed by atoms with E-state index in [9.17, 15) is 20.2 Å². The van der Waals surface area contributed by atoms with Crippen molar-refractivity contribution in [3.63, 3.8) is 0 Å². The summed E-state index contributed by atoms with van der Waals surface area (Å²) in [4.78, 5) is 33.7. The molecule has 36 heavy (non-hydrogen) atoms. The Labute approximate surface area is 204 Å². The topological polar surface area (TPSA) is 173 Å². The van der Waals surface area contributed by atoms with Gasteiger partial charge >= 0.3 is 0 Å². The van der Waals surface area contributed by atoms with Gasteiger partial charge in [-0.2, -0.15) is 20.1 Å². The maximum atomic E-state index is 10.9. The second-order valence-electron chi connectivity index (χ2n) is 7.29. The van der Waals surface area contributed by atoms with Gasteiger partial charge in [0.1, 0.15) is 0 Å². The second-order valence-corrected chi connectivity index (χ2v) is 7.29. The minimum Gasteiger partial charge on any atom is -0.350 e. The van der Waals surface area contributed by atoms with Gasteiger partial charge < -0.3 is 10.6 Å². The van der Waals surface area contributed by atoms with Crippen molar-refractivity contribution >= 4 is 41.1 Å². The molecule has 0 aliphatic rings. The summed E-state index contributed by atoms with van der Waals surface area (Å²) in [5.41, 5.74) is 4.86. The molecule has 0 spiro atoms. The minimum atomic E-state index is -0.483. The number of rotatable bonds is 10. The number of aromatic nitrogens is 3. The number of hydrazone groups is 1. The van der Waals surface area contributed by atoms with E-state index in [2.05, 4.69) is 36.1 Å². The maximum Gasteiger partial charge on any atom is 0.269 e. The number of hydrogen-bond acceptors (Lipinski definition) is 11. The van der Waals surface area contributed by atoms with Crippen LogP contribution in [-0.4, -0.2) is 31.0 Å². The number of nitro groups is 2. The molecular weight excluding hydrogens is 466 g/mol. The number of nitro benzene ring substituents is 2. The van der Waals surface area contributed by atoms with Crippen LogP contribution in [0.25, 0.3) is 0 Å². The van der Waals surface area contributed by atoms with E-state index in [0.29, 0.717) is 17.8 Å². The molecule has 0 saturated heterocycles. The van der Waals surface area contributed by atoms with Crippen molar-refractivity contribution in [2.75, 3.05) is 16.1 Å². The number of nitrogens with one attached hydrogen (secondary N) is 3. The molecule has 13 nitrogen and oxygen atoms in total. The fraction of sp³-hybridized carbons (Fsp3) is 0.0435. The highest BCUT2D eigenvalue weighted by Crippen LogP contribution is 2.20. The van der Waals surface area contributed by atoms with Crippen LogP contribution < -0.4 is 16.1 Å². The van der Waals surface area contributed by atoms with Crippen molar-refractivity contribution in [2.24, 2.45) is 5.10 Å². The predicted molar refractivity (Wildman–Crippen MR) is 134 cm³/mol. The van der Waals surface area contributed by atoms with Crippen LogP contribution in [0.4, 0.5) is 34.9 Å². The van der Waals surface area contributed by atoms with Crippen LogP contribution in [0.1, 0.15) is 11.1 Å². The Morgan fingerprint density at radius 2 is 1.33 bits per heavy atom. The fourth-order valence-electron chi connectivity index (χ4n) is 2.98. The van der Waals surface area contributed by atoms with E-state index < -0.39 is 9.85 Å². The Bertz CT molecular complexity index is 1380. The summed E-state index contributed by atoms with van der Waals surface area (Å²) in [6.45, 7) is 0.466. The molecule has 180 valence electrons. The molecule has 4 aromatic rings. The van der Waals surface area contributed by atoms with Crippen molar-refractivity contribution in [3.05, 3.63) is 110 Å². The monoisotopic (exact) mass is 485 g/mol. The number of nitrogens with zero attached hydrogens (tertiary/aromatic N) is 6. The van der Waals surface area contributed by atoms with Crippen molar-refractivity contribution in [3.8, 4) is 0 Å². The highest BCUT2D eigenvalue weighted by atomic mass is 16.6. The first-order valence-corrected chi connectivity index (χ1v) is 10.6. The SMILES string of the molecule is O=[N+]([O-])c1ccc(C=NNc2nc(NCc3ccccc3)nc(Nc3ccc([N+](=O)[O-])cc3)n2)cc1. The van der Waals surface area contributed by atoms with Crippen molar-refractivity contribution in [2.45, 2.75) is 6.54 Å². The summed E-state index contributed by atoms with van der Waals surface area (Å²) in [6, 6.07) is 21.4. The van der Waals surface area contributed by atoms with Crippen LogP contribution in [0.5, 0.6) is 0 Å². The molecule has 13 heteroatoms. The summed E-state index contributed by atoms with van der Waals surface area (Å²) >= 11 is 0. The van der Waals surface area contributed by atoms with Gasteiger partial charge in [0.25, 0.3) is 11.4 Å². The van der Waals surface area contributed by atoms with Gasteiger partial charge in [0.15, 0.2) is 0 Å². The average molecular weight is 485 g/mol. The van der Waals surface area contributed by atoms with Crippen LogP contribution in [-0.2, 0) is 6.54 Å². The Morgan fingerprint density at radius 3 is 1.97 bits per heavy atom. The zero-order valence-corrected chi connectivity index (χ0v) is 18.6. The molecule has 0 aliphatic heterocycles. The third-order valence-corrected chi connectivity index (χ3v) is 4.75. The molecule has 0 fully saturated rings. The van der Waals surface area contributed by atoms with Gasteiger partial charge in [-0.05, 0) is 35.4 Å². The highest BCUT2D eigenvalue weighted by molar-refractivity contribution is 5.80. The number of benzene rings is 3. The van der Waals surface area contributed by atoms with E-state index in [1.165, 1.54) is 30.5 Å². The predicted octanol–water partition coefficient (Wildman–Crippen LogP) is 4.49. The standard InChI is InChI=1S/C23H19N9O4/c33-31(34)19-10-6-17(7-11-19)15-25-30-23-28-21(24-14-16-4-2-1-3-5-16)27-22(29-23)26-18-8-12-20(13-9-18)32(35)36/h1-13,15H,14H2,(H3,24,26,27,28,29,30). The first kappa shape index (κ1) is 23.7. The van der Waals surface area contributed by atoms with Crippen molar-refractivity contribution in [1.29, 1.82) is 0 Å². The largest absolute Gasteiger partial charge is 0.350 e. The van der Waals surface area contributed by atoms with Crippen LogP contribution >= 0.6 is 0 Å². The van der Waals surface area contributed by atoms with E-state index in [0.717, 1.165) is 5.56 Å². The quantitative estimate of drug-likeness (QED) is 0.165. The molecular formula is C23H19N9O4. The number of hydrogen-bond donors (Lipinski definition) is 3. The Kier molecular flexibility index (Phi) is 7.31. The van der Waals surface area contributed by atoms with E-state index in [-0.39, 0.29) is 29.2 Å². The lowest BCUT2D eigenvalue weighted by molar-refractivity contribution is -0.385. The lowest BCUT2D eigenvalue weighted by Gasteiger charge is -2.10. The molecule has 1 heterocycles. The zero-order valence-electron chi connectivity index (χ0n) is 18.6. The molecule has 1 aromatic heterocycles. The van der Waals surface area contributed by atoms with E-state index in [1.54, 1.807) is 24.3 Å². The molecule has 0 amide bonds. The van der Waals surface area contributed by atoms with Gasteiger partial charge in [-0.15, -0.1) is 0 Å². The molecule has 0 bridgehead atoms. The summed E-state index contributed by atoms with van der Waals surface area (Å²) in [6.07, 6.45) is 1.47. The van der Waals surface area contributed by atoms with Gasteiger partial charge in [-0.1, -0.05) is 30.3 Å². The number of non-ortho nitro benzene ring substituents is 2. The molecule has 0 atom stereocenters. The molecule has 0 saturated carbocycles. The Hall–Kier alpha value is -5.46. The van der Waals surface area contributed by atoms with Gasteiger partial charge in [0.2, 0.25) is 17.8 Å². The van der Waals surface area contributed by atoms with E-state index in [1.807, 2.05) is 30.3 Å². The molecule has 0 unspecified atom stereocenters. The normalized spacial score (nSPS) is 10.7. The minimum absolute atomic E-state index is 0.0198. The van der Waals surface area contributed by atoms with Crippen LogP contribution in [0.3, 0.4) is 0 Å². The summed E-state index contributed by atoms with van der Waals surface area (Å²) in [7, 11) is 0. The zero-order chi connectivity index (χ0) is 25.3. The van der Waals surface area contributed by atoms with Crippen LogP contribution in [0.15, 0.2) is 84.0 Å². The van der Waals surface area contributed by atoms with Gasteiger partial charge in [0, 0.05) is 36.5 Å². The van der Waals surface area contributed by atoms with Gasteiger partial charge in [-0.3, -0.25) is 20.2 Å². The molecule has 0 aliphatic carbocycles. The van der Waals surface area contributed by atoms with Crippen molar-refractivity contribution < 1.29 is 9.85 Å². The third kappa shape index (κ3) is 6.54. The summed E-state index contributed by atoms with van der Waals surface area (Å²) in [5.74, 6) is 0.580. The average Bonchev–Trinajstić information content (AvgIpc) is 2.89. The third-order valence-electron chi connectivity index (χ3n) is 4.75. The summed E-state index contributed by atoms with van der Waals surface area (Å²) in [5, 5.41) is 31.9. The van der Waals surface area contributed by atoms with Gasteiger partial charge in [0.05, 0.1) is 16.1 Å². The lowest BCUT2D eigenvalue weighted by atomic mass is 10.2. The first-order valence-electron chi connectivity index (χ1n) is 10.6. The fourth-order valence-corrected chi connectivity index (χ4v) is 2.98. The Balaban J connectivity index is 1.52. The van der Waals surface area contributed by atoms with Crippen LogP contribution in [0, 0.1) is 20.2 Å². The second kappa shape index (κ2) is 11.1. The van der Waals surface area contributed by atoms with E-state index >= 15 is 0 Å². The molecule has 3 aromatic carbocycles. The smallest absolute Gasteiger partial charge is 0.269 e. The number of anilines is 4.